The second-order valence-corrected chi connectivity index (χ2v) is 5.68. The fourth-order valence-electron chi connectivity index (χ4n) is 2.55. The molecule has 4 heteroatoms. The predicted molar refractivity (Wildman–Crippen MR) is 97.3 cm³/mol. The Kier molecular flexibility index (Phi) is 5.42. The smallest absolute Gasteiger partial charge is 0.244 e. The average molecular weight is 334 g/mol. The van der Waals surface area contributed by atoms with Gasteiger partial charge in [0.05, 0.1) is 13.1 Å². The van der Waals surface area contributed by atoms with Gasteiger partial charge in [-0.2, -0.15) is 0 Å². The van der Waals surface area contributed by atoms with Gasteiger partial charge in [0.25, 0.3) is 0 Å². The minimum Gasteiger partial charge on any atom is -0.347 e. The number of nitrogens with one attached hydrogen (secondary N) is 1. The number of benzene rings is 2. The molecule has 0 radical (unpaired) electrons. The van der Waals surface area contributed by atoms with E-state index < -0.39 is 0 Å². The van der Waals surface area contributed by atoms with Gasteiger partial charge in [0.15, 0.2) is 0 Å². The molecule has 0 bridgehead atoms. The van der Waals surface area contributed by atoms with Gasteiger partial charge in [-0.1, -0.05) is 48.5 Å². The Morgan fingerprint density at radius 1 is 1.00 bits per heavy atom. The van der Waals surface area contributed by atoms with Gasteiger partial charge >= 0.3 is 0 Å². The van der Waals surface area contributed by atoms with Gasteiger partial charge in [0.1, 0.15) is 5.82 Å². The molecule has 3 aromatic rings. The Labute approximate surface area is 146 Å². The first-order valence-electron chi connectivity index (χ1n) is 8.11. The first-order chi connectivity index (χ1) is 12.2. The maximum Gasteiger partial charge on any atom is 0.244 e. The van der Waals surface area contributed by atoms with Gasteiger partial charge in [-0.25, -0.2) is 4.39 Å². The van der Waals surface area contributed by atoms with E-state index >= 15 is 0 Å². The van der Waals surface area contributed by atoms with Gasteiger partial charge in [-0.15, -0.1) is 0 Å². The van der Waals surface area contributed by atoms with E-state index in [9.17, 15) is 9.18 Å². The fourth-order valence-corrected chi connectivity index (χ4v) is 2.55. The second-order valence-electron chi connectivity index (χ2n) is 5.68. The lowest BCUT2D eigenvalue weighted by atomic mass is 10.2. The van der Waals surface area contributed by atoms with Crippen molar-refractivity contribution in [2.24, 2.45) is 0 Å². The Hall–Kier alpha value is -3.14. The normalized spacial score (nSPS) is 10.9. The highest BCUT2D eigenvalue weighted by Gasteiger charge is 2.06. The van der Waals surface area contributed by atoms with Crippen LogP contribution in [0.1, 0.15) is 16.8 Å². The summed E-state index contributed by atoms with van der Waals surface area (Å²) in [5.41, 5.74) is 2.51. The summed E-state index contributed by atoms with van der Waals surface area (Å²) >= 11 is 0. The highest BCUT2D eigenvalue weighted by Crippen LogP contribution is 2.11. The van der Waals surface area contributed by atoms with Crippen LogP contribution in [0.4, 0.5) is 4.39 Å². The molecule has 25 heavy (non-hydrogen) atoms. The van der Waals surface area contributed by atoms with Gasteiger partial charge in [0, 0.05) is 23.5 Å². The molecule has 1 amide bonds. The van der Waals surface area contributed by atoms with E-state index in [0.717, 1.165) is 11.3 Å². The van der Waals surface area contributed by atoms with Crippen molar-refractivity contribution >= 4 is 12.0 Å². The van der Waals surface area contributed by atoms with Crippen molar-refractivity contribution in [3.05, 3.63) is 102 Å². The average Bonchev–Trinajstić information content (AvgIpc) is 3.08. The van der Waals surface area contributed by atoms with Crippen LogP contribution in [0.3, 0.4) is 0 Å². The highest BCUT2D eigenvalue weighted by molar-refractivity contribution is 5.91. The molecule has 3 rings (SSSR count). The van der Waals surface area contributed by atoms with E-state index in [0.29, 0.717) is 18.7 Å². The first kappa shape index (κ1) is 16.7. The van der Waals surface area contributed by atoms with Crippen molar-refractivity contribution in [2.45, 2.75) is 13.1 Å². The second kappa shape index (κ2) is 8.11. The van der Waals surface area contributed by atoms with Crippen LogP contribution < -0.4 is 5.32 Å². The molecular formula is C21H19FN2O. The molecule has 0 unspecified atom stereocenters. The van der Waals surface area contributed by atoms with E-state index in [1.807, 2.05) is 59.3 Å². The molecule has 2 aromatic carbocycles. The van der Waals surface area contributed by atoms with Crippen LogP contribution in [-0.2, 0) is 17.9 Å². The van der Waals surface area contributed by atoms with Crippen molar-refractivity contribution in [3.63, 3.8) is 0 Å². The van der Waals surface area contributed by atoms with Crippen LogP contribution >= 0.6 is 0 Å². The molecule has 3 nitrogen and oxygen atoms in total. The largest absolute Gasteiger partial charge is 0.347 e. The number of hydrogen-bond donors (Lipinski definition) is 1. The fraction of sp³-hybridized carbons (Fsp3) is 0.0952. The molecule has 0 saturated heterocycles. The SMILES string of the molecule is O=C(/C=C/c1ccccc1)NCc1cccn1Cc1ccccc1F. The van der Waals surface area contributed by atoms with Gasteiger partial charge in [-0.3, -0.25) is 4.79 Å². The Morgan fingerprint density at radius 3 is 2.56 bits per heavy atom. The third-order valence-corrected chi connectivity index (χ3v) is 3.89. The number of aromatic nitrogens is 1. The van der Waals surface area contributed by atoms with Crippen LogP contribution in [0, 0.1) is 5.82 Å². The van der Waals surface area contributed by atoms with E-state index in [1.165, 1.54) is 12.1 Å². The summed E-state index contributed by atoms with van der Waals surface area (Å²) in [4.78, 5) is 12.0. The maximum atomic E-state index is 13.8. The quantitative estimate of drug-likeness (QED) is 0.679. The van der Waals surface area contributed by atoms with Crippen molar-refractivity contribution < 1.29 is 9.18 Å². The van der Waals surface area contributed by atoms with Gasteiger partial charge in [-0.05, 0) is 29.8 Å². The zero-order chi connectivity index (χ0) is 17.5. The monoisotopic (exact) mass is 334 g/mol. The third-order valence-electron chi connectivity index (χ3n) is 3.89. The predicted octanol–water partition coefficient (Wildman–Crippen LogP) is 4.01. The van der Waals surface area contributed by atoms with Gasteiger partial charge < -0.3 is 9.88 Å². The number of amides is 1. The number of carbonyl (C=O) groups excluding carboxylic acids is 1. The summed E-state index contributed by atoms with van der Waals surface area (Å²) in [7, 11) is 0. The van der Waals surface area contributed by atoms with Crippen LogP contribution in [-0.4, -0.2) is 10.5 Å². The number of nitrogens with zero attached hydrogens (tertiary/aromatic N) is 1. The van der Waals surface area contributed by atoms with E-state index in [1.54, 1.807) is 18.2 Å². The van der Waals surface area contributed by atoms with E-state index in [4.69, 9.17) is 0 Å². The standard InChI is InChI=1S/C21H19FN2O/c22-20-11-5-4-9-18(20)16-24-14-6-10-19(24)15-23-21(25)13-12-17-7-2-1-3-8-17/h1-14H,15-16H2,(H,23,25)/b13-12+. The Morgan fingerprint density at radius 2 is 1.76 bits per heavy atom. The maximum absolute atomic E-state index is 13.8. The minimum absolute atomic E-state index is 0.164. The summed E-state index contributed by atoms with van der Waals surface area (Å²) in [6.45, 7) is 0.824. The molecule has 0 aliphatic heterocycles. The molecule has 0 atom stereocenters. The molecule has 0 aliphatic carbocycles. The van der Waals surface area contributed by atoms with Crippen molar-refractivity contribution in [3.8, 4) is 0 Å². The van der Waals surface area contributed by atoms with E-state index in [2.05, 4.69) is 5.32 Å². The molecule has 126 valence electrons. The summed E-state index contributed by atoms with van der Waals surface area (Å²) in [6, 6.07) is 20.2. The molecule has 1 heterocycles. The number of rotatable bonds is 6. The lowest BCUT2D eigenvalue weighted by molar-refractivity contribution is -0.116. The molecule has 0 aliphatic rings. The van der Waals surface area contributed by atoms with E-state index in [-0.39, 0.29) is 11.7 Å². The summed E-state index contributed by atoms with van der Waals surface area (Å²) in [5, 5.41) is 2.86. The highest BCUT2D eigenvalue weighted by atomic mass is 19.1. The summed E-state index contributed by atoms with van der Waals surface area (Å²) < 4.78 is 15.7. The lowest BCUT2D eigenvalue weighted by Crippen LogP contribution is -2.22. The molecule has 0 saturated carbocycles. The van der Waals surface area contributed by atoms with Crippen molar-refractivity contribution in [2.75, 3.05) is 0 Å². The van der Waals surface area contributed by atoms with Crippen LogP contribution in [0.2, 0.25) is 0 Å². The molecular weight excluding hydrogens is 315 g/mol. The summed E-state index contributed by atoms with van der Waals surface area (Å²) in [6.07, 6.45) is 5.17. The number of carbonyl (C=O) groups is 1. The molecule has 0 spiro atoms. The zero-order valence-corrected chi connectivity index (χ0v) is 13.7. The van der Waals surface area contributed by atoms with Crippen LogP contribution in [0.25, 0.3) is 6.08 Å². The topological polar surface area (TPSA) is 34.0 Å². The Balaban J connectivity index is 1.59. The third kappa shape index (κ3) is 4.67. The van der Waals surface area contributed by atoms with Crippen LogP contribution in [0.15, 0.2) is 79.0 Å². The Bertz CT molecular complexity index is 868. The first-order valence-corrected chi connectivity index (χ1v) is 8.11. The molecule has 1 N–H and O–H groups in total. The molecule has 0 fully saturated rings. The number of halogens is 1. The van der Waals surface area contributed by atoms with Crippen LogP contribution in [0.5, 0.6) is 0 Å². The number of hydrogen-bond acceptors (Lipinski definition) is 1. The summed E-state index contributed by atoms with van der Waals surface area (Å²) in [5.74, 6) is -0.389. The lowest BCUT2D eigenvalue weighted by Gasteiger charge is -2.10. The van der Waals surface area contributed by atoms with Gasteiger partial charge in [0.2, 0.25) is 5.91 Å². The zero-order valence-electron chi connectivity index (χ0n) is 13.7. The van der Waals surface area contributed by atoms with Crippen molar-refractivity contribution in [1.29, 1.82) is 0 Å². The molecule has 1 aromatic heterocycles. The minimum atomic E-state index is -0.225. The van der Waals surface area contributed by atoms with Crippen molar-refractivity contribution in [1.82, 2.24) is 9.88 Å².